The van der Waals surface area contributed by atoms with Gasteiger partial charge < -0.3 is 15.8 Å². The van der Waals surface area contributed by atoms with E-state index in [4.69, 9.17) is 10.5 Å². The number of hydrogen-bond donors (Lipinski definition) is 2. The summed E-state index contributed by atoms with van der Waals surface area (Å²) in [6, 6.07) is 8.57. The van der Waals surface area contributed by atoms with E-state index in [1.807, 2.05) is 0 Å². The minimum absolute atomic E-state index is 0.116. The van der Waals surface area contributed by atoms with E-state index in [-0.39, 0.29) is 18.1 Å². The van der Waals surface area contributed by atoms with Crippen LogP contribution in [0.25, 0.3) is 0 Å². The third-order valence-corrected chi connectivity index (χ3v) is 3.55. The smallest absolute Gasteiger partial charge is 0.165 e. The molecule has 1 atom stereocenters. The summed E-state index contributed by atoms with van der Waals surface area (Å²) < 4.78 is 33.0. The van der Waals surface area contributed by atoms with Gasteiger partial charge in [0.05, 0.1) is 13.2 Å². The molecule has 0 aromatic heterocycles. The Labute approximate surface area is 130 Å². The van der Waals surface area contributed by atoms with E-state index in [2.05, 4.69) is 21.2 Å². The van der Waals surface area contributed by atoms with Crippen molar-refractivity contribution in [3.05, 3.63) is 58.1 Å². The molecule has 0 bridgehead atoms. The Morgan fingerprint density at radius 2 is 1.90 bits per heavy atom. The van der Waals surface area contributed by atoms with E-state index < -0.39 is 11.9 Å². The van der Waals surface area contributed by atoms with Gasteiger partial charge in [-0.1, -0.05) is 15.9 Å². The summed E-state index contributed by atoms with van der Waals surface area (Å²) in [5.74, 6) is -0.693. The van der Waals surface area contributed by atoms with Crippen molar-refractivity contribution in [1.82, 2.24) is 0 Å². The monoisotopic (exact) mass is 356 g/mol. The second-order valence-electron chi connectivity index (χ2n) is 4.45. The maximum Gasteiger partial charge on any atom is 0.165 e. The van der Waals surface area contributed by atoms with Crippen LogP contribution < -0.4 is 15.8 Å². The first-order valence-corrected chi connectivity index (χ1v) is 7.09. The van der Waals surface area contributed by atoms with Gasteiger partial charge in [0.2, 0.25) is 0 Å². The number of halogens is 3. The van der Waals surface area contributed by atoms with Crippen LogP contribution in [0.5, 0.6) is 5.75 Å². The van der Waals surface area contributed by atoms with Crippen LogP contribution in [0.4, 0.5) is 14.5 Å². The number of nitrogens with one attached hydrogen (secondary N) is 1. The molecular formula is C15H15BrF2N2O. The molecule has 6 heteroatoms. The zero-order valence-corrected chi connectivity index (χ0v) is 13.0. The summed E-state index contributed by atoms with van der Waals surface area (Å²) in [6.45, 7) is 0.188. The van der Waals surface area contributed by atoms with Gasteiger partial charge in [-0.05, 0) is 30.3 Å². The van der Waals surface area contributed by atoms with E-state index in [9.17, 15) is 8.78 Å². The fourth-order valence-corrected chi connectivity index (χ4v) is 2.37. The molecule has 0 aliphatic rings. The maximum atomic E-state index is 13.9. The number of methoxy groups -OCH3 is 1. The zero-order chi connectivity index (χ0) is 15.4. The van der Waals surface area contributed by atoms with Crippen LogP contribution in [0, 0.1) is 11.6 Å². The quantitative estimate of drug-likeness (QED) is 0.855. The Hall–Kier alpha value is -1.66. The lowest BCUT2D eigenvalue weighted by Gasteiger charge is -2.20. The third kappa shape index (κ3) is 3.71. The summed E-state index contributed by atoms with van der Waals surface area (Å²) in [6.07, 6.45) is 0. The molecule has 0 radical (unpaired) electrons. The molecule has 2 rings (SSSR count). The Balaban J connectivity index is 2.29. The van der Waals surface area contributed by atoms with Crippen molar-refractivity contribution >= 4 is 21.6 Å². The Morgan fingerprint density at radius 1 is 1.19 bits per heavy atom. The summed E-state index contributed by atoms with van der Waals surface area (Å²) in [7, 11) is 1.39. The lowest BCUT2D eigenvalue weighted by molar-refractivity contribution is 0.386. The minimum Gasteiger partial charge on any atom is -0.494 e. The van der Waals surface area contributed by atoms with Crippen LogP contribution in [-0.2, 0) is 0 Å². The fraction of sp³-hybridized carbons (Fsp3) is 0.200. The maximum absolute atomic E-state index is 13.9. The van der Waals surface area contributed by atoms with Gasteiger partial charge in [-0.25, -0.2) is 8.78 Å². The molecule has 1 unspecified atom stereocenters. The first-order chi connectivity index (χ1) is 10.0. The second kappa shape index (κ2) is 6.87. The molecule has 0 spiro atoms. The summed E-state index contributed by atoms with van der Waals surface area (Å²) in [5, 5.41) is 3.08. The molecule has 0 amide bonds. The highest BCUT2D eigenvalue weighted by Crippen LogP contribution is 2.27. The van der Waals surface area contributed by atoms with Crippen molar-refractivity contribution in [2.75, 3.05) is 19.0 Å². The summed E-state index contributed by atoms with van der Waals surface area (Å²) in [5.41, 5.74) is 6.76. The van der Waals surface area contributed by atoms with Gasteiger partial charge in [-0.3, -0.25) is 0 Å². The molecule has 0 fully saturated rings. The Kier molecular flexibility index (Phi) is 5.14. The molecule has 112 valence electrons. The van der Waals surface area contributed by atoms with Gasteiger partial charge in [0.1, 0.15) is 5.82 Å². The van der Waals surface area contributed by atoms with Crippen LogP contribution in [0.1, 0.15) is 11.6 Å². The summed E-state index contributed by atoms with van der Waals surface area (Å²) in [4.78, 5) is 0. The molecule has 2 aromatic rings. The predicted molar refractivity (Wildman–Crippen MR) is 82.5 cm³/mol. The van der Waals surface area contributed by atoms with E-state index in [0.717, 1.165) is 4.47 Å². The minimum atomic E-state index is -0.457. The normalized spacial score (nSPS) is 12.0. The number of hydrogen-bond acceptors (Lipinski definition) is 3. The molecule has 0 saturated carbocycles. The molecule has 0 aliphatic carbocycles. The lowest BCUT2D eigenvalue weighted by Crippen LogP contribution is -2.21. The number of anilines is 1. The fourth-order valence-electron chi connectivity index (χ4n) is 2.00. The van der Waals surface area contributed by atoms with E-state index in [0.29, 0.717) is 11.3 Å². The first kappa shape index (κ1) is 15.7. The number of benzene rings is 2. The SMILES string of the molecule is COc1cc(NC(CN)c2cc(Br)ccc2F)ccc1F. The molecule has 2 aromatic carbocycles. The lowest BCUT2D eigenvalue weighted by atomic mass is 10.1. The van der Waals surface area contributed by atoms with Gasteiger partial charge in [-0.2, -0.15) is 0 Å². The molecule has 3 nitrogen and oxygen atoms in total. The van der Waals surface area contributed by atoms with Crippen molar-refractivity contribution in [2.24, 2.45) is 5.73 Å². The predicted octanol–water partition coefficient (Wildman–Crippen LogP) is 3.85. The number of rotatable bonds is 5. The van der Waals surface area contributed by atoms with Crippen LogP contribution in [0.3, 0.4) is 0 Å². The van der Waals surface area contributed by atoms with Crippen molar-refractivity contribution in [2.45, 2.75) is 6.04 Å². The van der Waals surface area contributed by atoms with E-state index >= 15 is 0 Å². The van der Waals surface area contributed by atoms with Gasteiger partial charge >= 0.3 is 0 Å². The van der Waals surface area contributed by atoms with Crippen molar-refractivity contribution < 1.29 is 13.5 Å². The van der Waals surface area contributed by atoms with Crippen LogP contribution in [0.2, 0.25) is 0 Å². The van der Waals surface area contributed by atoms with Gasteiger partial charge in [0.15, 0.2) is 11.6 Å². The average molecular weight is 357 g/mol. The molecular weight excluding hydrogens is 342 g/mol. The van der Waals surface area contributed by atoms with E-state index in [1.54, 1.807) is 18.2 Å². The molecule has 0 aliphatic heterocycles. The molecule has 0 heterocycles. The third-order valence-electron chi connectivity index (χ3n) is 3.06. The van der Waals surface area contributed by atoms with Gasteiger partial charge in [0, 0.05) is 28.3 Å². The average Bonchev–Trinajstić information content (AvgIpc) is 2.49. The standard InChI is InChI=1S/C15H15BrF2N2O/c1-21-15-7-10(3-5-13(15)18)20-14(8-19)11-6-9(16)2-4-12(11)17/h2-7,14,20H,8,19H2,1H3. The number of nitrogens with two attached hydrogens (primary N) is 1. The van der Waals surface area contributed by atoms with Gasteiger partial charge in [0.25, 0.3) is 0 Å². The largest absolute Gasteiger partial charge is 0.494 e. The second-order valence-corrected chi connectivity index (χ2v) is 5.36. The van der Waals surface area contributed by atoms with Crippen molar-refractivity contribution in [1.29, 1.82) is 0 Å². The highest BCUT2D eigenvalue weighted by atomic mass is 79.9. The molecule has 21 heavy (non-hydrogen) atoms. The van der Waals surface area contributed by atoms with E-state index in [1.165, 1.54) is 25.3 Å². The van der Waals surface area contributed by atoms with Crippen molar-refractivity contribution in [3.63, 3.8) is 0 Å². The topological polar surface area (TPSA) is 47.3 Å². The summed E-state index contributed by atoms with van der Waals surface area (Å²) >= 11 is 3.31. The number of ether oxygens (including phenoxy) is 1. The molecule has 3 N–H and O–H groups in total. The van der Waals surface area contributed by atoms with Crippen LogP contribution >= 0.6 is 15.9 Å². The van der Waals surface area contributed by atoms with Gasteiger partial charge in [-0.15, -0.1) is 0 Å². The van der Waals surface area contributed by atoms with Crippen LogP contribution in [-0.4, -0.2) is 13.7 Å². The zero-order valence-electron chi connectivity index (χ0n) is 11.4. The van der Waals surface area contributed by atoms with Crippen molar-refractivity contribution in [3.8, 4) is 5.75 Å². The van der Waals surface area contributed by atoms with Crippen LogP contribution in [0.15, 0.2) is 40.9 Å². The Bertz CT molecular complexity index is 637. The highest BCUT2D eigenvalue weighted by Gasteiger charge is 2.15. The molecule has 0 saturated heterocycles. The highest BCUT2D eigenvalue weighted by molar-refractivity contribution is 9.10. The Morgan fingerprint density at radius 3 is 2.57 bits per heavy atom. The first-order valence-electron chi connectivity index (χ1n) is 6.30.